The molecule has 72 valence electrons. The summed E-state index contributed by atoms with van der Waals surface area (Å²) in [5, 5.41) is 4.56. The van der Waals surface area contributed by atoms with Crippen molar-refractivity contribution in [3.8, 4) is 0 Å². The Morgan fingerprint density at radius 1 is 1.62 bits per heavy atom. The smallest absolute Gasteiger partial charge is 0.193 e. The highest BCUT2D eigenvalue weighted by Crippen LogP contribution is 2.24. The lowest BCUT2D eigenvalue weighted by Crippen LogP contribution is -2.10. The third-order valence-corrected chi connectivity index (χ3v) is 3.63. The normalized spacial score (nSPS) is 22.4. The Hall–Kier alpha value is -0.120. The van der Waals surface area contributed by atoms with Gasteiger partial charge in [0.05, 0.1) is 5.75 Å². The average molecular weight is 218 g/mol. The van der Waals surface area contributed by atoms with Crippen LogP contribution in [0.1, 0.15) is 12.2 Å². The Morgan fingerprint density at radius 2 is 2.54 bits per heavy atom. The molecule has 2 rings (SSSR count). The molecule has 1 atom stereocenters. The summed E-state index contributed by atoms with van der Waals surface area (Å²) in [6.07, 6.45) is 1.26. The van der Waals surface area contributed by atoms with Crippen LogP contribution < -0.4 is 5.32 Å². The maximum absolute atomic E-state index is 5.67. The van der Waals surface area contributed by atoms with Crippen LogP contribution in [0.3, 0.4) is 0 Å². The van der Waals surface area contributed by atoms with Crippen molar-refractivity contribution in [1.29, 1.82) is 0 Å². The van der Waals surface area contributed by atoms with Gasteiger partial charge in [0.1, 0.15) is 5.76 Å². The Kier molecular flexibility index (Phi) is 3.19. The summed E-state index contributed by atoms with van der Waals surface area (Å²) in [6.45, 7) is 2.27. The molecule has 1 aromatic rings. The van der Waals surface area contributed by atoms with Gasteiger partial charge in [-0.1, -0.05) is 0 Å². The van der Waals surface area contributed by atoms with E-state index in [0.29, 0.717) is 5.22 Å². The Bertz CT molecular complexity index is 270. The van der Waals surface area contributed by atoms with Gasteiger partial charge in [-0.25, -0.2) is 0 Å². The summed E-state index contributed by atoms with van der Waals surface area (Å²) in [5.41, 5.74) is 0. The van der Waals surface area contributed by atoms with Crippen molar-refractivity contribution in [3.63, 3.8) is 0 Å². The van der Waals surface area contributed by atoms with E-state index in [1.54, 1.807) is 6.07 Å². The van der Waals surface area contributed by atoms with Gasteiger partial charge in [0.25, 0.3) is 0 Å². The number of hydrogen-bond acceptors (Lipinski definition) is 3. The molecule has 0 bridgehead atoms. The fourth-order valence-electron chi connectivity index (χ4n) is 1.40. The van der Waals surface area contributed by atoms with Gasteiger partial charge in [0.2, 0.25) is 0 Å². The zero-order chi connectivity index (χ0) is 9.10. The number of rotatable bonds is 3. The van der Waals surface area contributed by atoms with E-state index < -0.39 is 0 Å². The molecular formula is C9H12ClNOS. The molecule has 1 aromatic heterocycles. The second-order valence-corrected chi connectivity index (χ2v) is 4.79. The van der Waals surface area contributed by atoms with Crippen molar-refractivity contribution >= 4 is 23.4 Å². The van der Waals surface area contributed by atoms with Crippen molar-refractivity contribution in [2.24, 2.45) is 0 Å². The van der Waals surface area contributed by atoms with Crippen LogP contribution in [0, 0.1) is 0 Å². The van der Waals surface area contributed by atoms with Crippen LogP contribution >= 0.6 is 23.4 Å². The molecule has 2 heterocycles. The molecule has 1 saturated heterocycles. The summed E-state index contributed by atoms with van der Waals surface area (Å²) < 4.78 is 5.27. The summed E-state index contributed by atoms with van der Waals surface area (Å²) >= 11 is 7.60. The second-order valence-electron chi connectivity index (χ2n) is 3.13. The minimum atomic E-state index is 0.486. The molecular weight excluding hydrogens is 206 g/mol. The van der Waals surface area contributed by atoms with Crippen LogP contribution in [0.2, 0.25) is 5.22 Å². The van der Waals surface area contributed by atoms with E-state index in [0.717, 1.165) is 29.9 Å². The lowest BCUT2D eigenvalue weighted by molar-refractivity contribution is 0.532. The van der Waals surface area contributed by atoms with E-state index >= 15 is 0 Å². The molecule has 0 spiro atoms. The van der Waals surface area contributed by atoms with Crippen molar-refractivity contribution in [2.45, 2.75) is 17.4 Å². The fraction of sp³-hybridized carbons (Fsp3) is 0.556. The maximum atomic E-state index is 5.67. The Labute approximate surface area is 87.0 Å². The third kappa shape index (κ3) is 2.66. The van der Waals surface area contributed by atoms with Crippen molar-refractivity contribution in [2.75, 3.05) is 13.1 Å². The van der Waals surface area contributed by atoms with Crippen LogP contribution in [0.15, 0.2) is 16.5 Å². The van der Waals surface area contributed by atoms with E-state index in [-0.39, 0.29) is 0 Å². The predicted molar refractivity (Wildman–Crippen MR) is 56.3 cm³/mol. The first-order valence-corrected chi connectivity index (χ1v) is 5.84. The first-order chi connectivity index (χ1) is 6.34. The van der Waals surface area contributed by atoms with Gasteiger partial charge in [-0.2, -0.15) is 0 Å². The number of furan rings is 1. The zero-order valence-corrected chi connectivity index (χ0v) is 8.83. The number of hydrogen-bond donors (Lipinski definition) is 1. The molecule has 1 unspecified atom stereocenters. The molecule has 0 saturated carbocycles. The topological polar surface area (TPSA) is 25.2 Å². The van der Waals surface area contributed by atoms with E-state index in [9.17, 15) is 0 Å². The second kappa shape index (κ2) is 4.40. The predicted octanol–water partition coefficient (Wildman–Crippen LogP) is 2.53. The molecule has 1 aliphatic rings. The van der Waals surface area contributed by atoms with Crippen LogP contribution in [-0.2, 0) is 5.75 Å². The molecule has 0 aromatic carbocycles. The largest absolute Gasteiger partial charge is 0.449 e. The molecule has 4 heteroatoms. The Morgan fingerprint density at radius 3 is 3.15 bits per heavy atom. The molecule has 0 radical (unpaired) electrons. The van der Waals surface area contributed by atoms with Gasteiger partial charge in [0.15, 0.2) is 5.22 Å². The highest BCUT2D eigenvalue weighted by atomic mass is 35.5. The SMILES string of the molecule is Clc1ccc(CSC2CCNC2)o1. The first-order valence-electron chi connectivity index (χ1n) is 4.41. The number of halogens is 1. The molecule has 0 amide bonds. The molecule has 13 heavy (non-hydrogen) atoms. The van der Waals surface area contributed by atoms with Gasteiger partial charge in [-0.3, -0.25) is 0 Å². The fourth-order valence-corrected chi connectivity index (χ4v) is 2.64. The third-order valence-electron chi connectivity index (χ3n) is 2.11. The van der Waals surface area contributed by atoms with Crippen molar-refractivity contribution in [3.05, 3.63) is 23.1 Å². The number of thioether (sulfide) groups is 1. The minimum Gasteiger partial charge on any atom is -0.449 e. The standard InChI is InChI=1S/C9H12ClNOS/c10-9-2-1-7(12-9)6-13-8-3-4-11-5-8/h1-2,8,11H,3-6H2. The molecule has 1 fully saturated rings. The molecule has 1 N–H and O–H groups in total. The summed E-state index contributed by atoms with van der Waals surface area (Å²) in [4.78, 5) is 0. The summed E-state index contributed by atoms with van der Waals surface area (Å²) in [6, 6.07) is 3.74. The quantitative estimate of drug-likeness (QED) is 0.843. The monoisotopic (exact) mass is 217 g/mol. The first kappa shape index (κ1) is 9.44. The van der Waals surface area contributed by atoms with Crippen LogP contribution in [0.25, 0.3) is 0 Å². The van der Waals surface area contributed by atoms with E-state index in [2.05, 4.69) is 5.32 Å². The highest BCUT2D eigenvalue weighted by molar-refractivity contribution is 7.99. The lowest BCUT2D eigenvalue weighted by Gasteiger charge is -2.05. The van der Waals surface area contributed by atoms with E-state index in [1.165, 1.54) is 6.42 Å². The van der Waals surface area contributed by atoms with Crippen LogP contribution in [0.5, 0.6) is 0 Å². The lowest BCUT2D eigenvalue weighted by atomic mass is 10.4. The zero-order valence-electron chi connectivity index (χ0n) is 7.25. The van der Waals surface area contributed by atoms with Crippen molar-refractivity contribution in [1.82, 2.24) is 5.32 Å². The van der Waals surface area contributed by atoms with Crippen LogP contribution in [0.4, 0.5) is 0 Å². The van der Waals surface area contributed by atoms with Gasteiger partial charge in [-0.15, -0.1) is 11.8 Å². The molecule has 0 aliphatic carbocycles. The van der Waals surface area contributed by atoms with Gasteiger partial charge in [-0.05, 0) is 36.7 Å². The maximum Gasteiger partial charge on any atom is 0.193 e. The summed E-state index contributed by atoms with van der Waals surface area (Å²) in [7, 11) is 0. The minimum absolute atomic E-state index is 0.486. The molecule has 1 aliphatic heterocycles. The number of nitrogens with one attached hydrogen (secondary N) is 1. The van der Waals surface area contributed by atoms with Crippen LogP contribution in [-0.4, -0.2) is 18.3 Å². The van der Waals surface area contributed by atoms with Gasteiger partial charge < -0.3 is 9.73 Å². The van der Waals surface area contributed by atoms with E-state index in [1.807, 2.05) is 17.8 Å². The highest BCUT2D eigenvalue weighted by Gasteiger charge is 2.15. The van der Waals surface area contributed by atoms with Gasteiger partial charge >= 0.3 is 0 Å². The average Bonchev–Trinajstić information content (AvgIpc) is 2.71. The van der Waals surface area contributed by atoms with E-state index in [4.69, 9.17) is 16.0 Å². The van der Waals surface area contributed by atoms with Crippen molar-refractivity contribution < 1.29 is 4.42 Å². The van der Waals surface area contributed by atoms with Gasteiger partial charge in [0, 0.05) is 11.8 Å². The summed E-state index contributed by atoms with van der Waals surface area (Å²) in [5.74, 6) is 1.90. The molecule has 2 nitrogen and oxygen atoms in total. The Balaban J connectivity index is 1.78.